The average Bonchev–Trinajstić information content (AvgIpc) is 2.82. The van der Waals surface area contributed by atoms with E-state index in [0.717, 1.165) is 19.4 Å². The van der Waals surface area contributed by atoms with Crippen molar-refractivity contribution in [2.75, 3.05) is 13.7 Å². The minimum absolute atomic E-state index is 0.000839. The van der Waals surface area contributed by atoms with E-state index in [2.05, 4.69) is 4.90 Å². The van der Waals surface area contributed by atoms with Gasteiger partial charge < -0.3 is 9.47 Å². The molecule has 3 fully saturated rings. The molecule has 3 aliphatic rings. The monoisotopic (exact) mass is 225 g/mol. The molecule has 0 aromatic carbocycles. The fourth-order valence-corrected chi connectivity index (χ4v) is 3.35. The molecule has 3 saturated heterocycles. The summed E-state index contributed by atoms with van der Waals surface area (Å²) in [6.07, 6.45) is 2.47. The van der Waals surface area contributed by atoms with E-state index in [4.69, 9.17) is 9.47 Å². The summed E-state index contributed by atoms with van der Waals surface area (Å²) in [5.41, 5.74) is 0. The van der Waals surface area contributed by atoms with Gasteiger partial charge in [0.25, 0.3) is 0 Å². The molecule has 0 N–H and O–H groups in total. The number of carbonyl (C=O) groups is 2. The number of hydrogen-bond donors (Lipinski definition) is 0. The molecule has 3 heterocycles. The topological polar surface area (TPSA) is 55.8 Å². The molecule has 5 nitrogen and oxygen atoms in total. The first kappa shape index (κ1) is 10.1. The van der Waals surface area contributed by atoms with Gasteiger partial charge in [-0.25, -0.2) is 0 Å². The fourth-order valence-electron chi connectivity index (χ4n) is 3.35. The lowest BCUT2D eigenvalue weighted by Crippen LogP contribution is -2.49. The normalized spacial score (nSPS) is 41.7. The van der Waals surface area contributed by atoms with Crippen LogP contribution in [0, 0.1) is 5.92 Å². The Morgan fingerprint density at radius 3 is 3.12 bits per heavy atom. The molecule has 5 heteroatoms. The van der Waals surface area contributed by atoms with Gasteiger partial charge in [-0.2, -0.15) is 0 Å². The van der Waals surface area contributed by atoms with Crippen molar-refractivity contribution in [1.29, 1.82) is 0 Å². The number of nitrogens with zero attached hydrogens (tertiary/aromatic N) is 1. The lowest BCUT2D eigenvalue weighted by atomic mass is 9.94. The summed E-state index contributed by atoms with van der Waals surface area (Å²) in [5.74, 6) is -0.467. The molecule has 4 atom stereocenters. The largest absolute Gasteiger partial charge is 0.468 e. The smallest absolute Gasteiger partial charge is 0.323 e. The van der Waals surface area contributed by atoms with Crippen LogP contribution in [0.1, 0.15) is 19.3 Å². The molecule has 0 aromatic rings. The maximum atomic E-state index is 11.7. The van der Waals surface area contributed by atoms with Gasteiger partial charge in [0.15, 0.2) is 0 Å². The summed E-state index contributed by atoms with van der Waals surface area (Å²) in [7, 11) is 1.40. The van der Waals surface area contributed by atoms with E-state index in [1.54, 1.807) is 0 Å². The first-order valence-corrected chi connectivity index (χ1v) is 5.76. The molecule has 3 aliphatic heterocycles. The van der Waals surface area contributed by atoms with Gasteiger partial charge in [-0.3, -0.25) is 14.5 Å². The standard InChI is InChI=1S/C11H15NO4/c1-15-11(14)7-5-6-9-8(16-10(6)13)3-2-4-12(7)9/h6-9H,2-5H2,1H3/t6-,7+,8+,9+/m1/s1. The Kier molecular flexibility index (Phi) is 2.17. The third kappa shape index (κ3) is 1.21. The van der Waals surface area contributed by atoms with Gasteiger partial charge in [0.2, 0.25) is 0 Å². The van der Waals surface area contributed by atoms with Crippen molar-refractivity contribution in [3.05, 3.63) is 0 Å². The van der Waals surface area contributed by atoms with Crippen LogP contribution >= 0.6 is 0 Å². The Morgan fingerprint density at radius 2 is 2.38 bits per heavy atom. The number of methoxy groups -OCH3 is 1. The van der Waals surface area contributed by atoms with Crippen LogP contribution in [0.3, 0.4) is 0 Å². The maximum absolute atomic E-state index is 11.7. The van der Waals surface area contributed by atoms with Crippen molar-refractivity contribution in [3.63, 3.8) is 0 Å². The van der Waals surface area contributed by atoms with Crippen LogP contribution in [0.25, 0.3) is 0 Å². The Bertz CT molecular complexity index is 343. The lowest BCUT2D eigenvalue weighted by Gasteiger charge is -2.34. The molecule has 0 spiro atoms. The summed E-state index contributed by atoms with van der Waals surface area (Å²) < 4.78 is 10.1. The molecule has 0 saturated carbocycles. The van der Waals surface area contributed by atoms with Gasteiger partial charge >= 0.3 is 11.9 Å². The van der Waals surface area contributed by atoms with Gasteiger partial charge in [-0.1, -0.05) is 0 Å². The van der Waals surface area contributed by atoms with Crippen LogP contribution in [0.2, 0.25) is 0 Å². The highest BCUT2D eigenvalue weighted by Gasteiger charge is 2.57. The number of rotatable bonds is 1. The Morgan fingerprint density at radius 1 is 1.56 bits per heavy atom. The van der Waals surface area contributed by atoms with Crippen LogP contribution in [-0.2, 0) is 19.1 Å². The lowest BCUT2D eigenvalue weighted by molar-refractivity contribution is -0.150. The molecule has 16 heavy (non-hydrogen) atoms. The minimum atomic E-state index is -0.240. The van der Waals surface area contributed by atoms with E-state index in [1.807, 2.05) is 0 Å². The van der Waals surface area contributed by atoms with Crippen molar-refractivity contribution < 1.29 is 19.1 Å². The SMILES string of the molecule is COC(=O)[C@@H]1C[C@H]2C(=O)O[C@H]3CCCN1[C@H]32. The summed E-state index contributed by atoms with van der Waals surface area (Å²) in [6.45, 7) is 0.869. The Balaban J connectivity index is 1.88. The quantitative estimate of drug-likeness (QED) is 0.585. The number of piperidine rings is 1. The van der Waals surface area contributed by atoms with Gasteiger partial charge in [0, 0.05) is 0 Å². The van der Waals surface area contributed by atoms with Crippen molar-refractivity contribution in [3.8, 4) is 0 Å². The second-order valence-electron chi connectivity index (χ2n) is 4.73. The number of esters is 2. The fraction of sp³-hybridized carbons (Fsp3) is 0.818. The third-order valence-electron chi connectivity index (χ3n) is 4.00. The third-order valence-corrected chi connectivity index (χ3v) is 4.00. The van der Waals surface area contributed by atoms with E-state index in [-0.39, 0.29) is 36.0 Å². The van der Waals surface area contributed by atoms with Gasteiger partial charge in [-0.05, 0) is 25.8 Å². The van der Waals surface area contributed by atoms with Crippen molar-refractivity contribution in [2.24, 2.45) is 5.92 Å². The second kappa shape index (κ2) is 3.45. The maximum Gasteiger partial charge on any atom is 0.323 e. The van der Waals surface area contributed by atoms with Gasteiger partial charge in [-0.15, -0.1) is 0 Å². The predicted molar refractivity (Wildman–Crippen MR) is 53.5 cm³/mol. The van der Waals surface area contributed by atoms with E-state index in [1.165, 1.54) is 7.11 Å². The van der Waals surface area contributed by atoms with Crippen molar-refractivity contribution in [2.45, 2.75) is 37.5 Å². The second-order valence-corrected chi connectivity index (χ2v) is 4.73. The van der Waals surface area contributed by atoms with Crippen molar-refractivity contribution >= 4 is 11.9 Å². The van der Waals surface area contributed by atoms with E-state index in [0.29, 0.717) is 6.42 Å². The highest BCUT2D eigenvalue weighted by atomic mass is 16.6. The molecule has 0 bridgehead atoms. The minimum Gasteiger partial charge on any atom is -0.468 e. The molecule has 3 rings (SSSR count). The highest BCUT2D eigenvalue weighted by molar-refractivity contribution is 5.82. The number of carbonyl (C=O) groups excluding carboxylic acids is 2. The van der Waals surface area contributed by atoms with Gasteiger partial charge in [0.1, 0.15) is 12.1 Å². The summed E-state index contributed by atoms with van der Waals surface area (Å²) in [4.78, 5) is 25.4. The number of ether oxygens (including phenoxy) is 2. The van der Waals surface area contributed by atoms with Crippen LogP contribution in [0.15, 0.2) is 0 Å². The summed E-state index contributed by atoms with van der Waals surface area (Å²) in [5, 5.41) is 0. The molecule has 0 amide bonds. The van der Waals surface area contributed by atoms with E-state index >= 15 is 0 Å². The van der Waals surface area contributed by atoms with Crippen LogP contribution in [-0.4, -0.2) is 48.7 Å². The van der Waals surface area contributed by atoms with Crippen LogP contribution in [0.5, 0.6) is 0 Å². The van der Waals surface area contributed by atoms with E-state index < -0.39 is 0 Å². The Hall–Kier alpha value is -1.10. The zero-order valence-electron chi connectivity index (χ0n) is 9.22. The average molecular weight is 225 g/mol. The van der Waals surface area contributed by atoms with Gasteiger partial charge in [0.05, 0.1) is 19.1 Å². The zero-order valence-corrected chi connectivity index (χ0v) is 9.22. The zero-order chi connectivity index (χ0) is 11.3. The first-order chi connectivity index (χ1) is 7.72. The molecule has 0 aromatic heterocycles. The number of hydrogen-bond acceptors (Lipinski definition) is 5. The van der Waals surface area contributed by atoms with Crippen LogP contribution < -0.4 is 0 Å². The predicted octanol–water partition coefficient (Wildman–Crippen LogP) is -0.0623. The first-order valence-electron chi connectivity index (χ1n) is 5.76. The van der Waals surface area contributed by atoms with Crippen molar-refractivity contribution in [1.82, 2.24) is 4.90 Å². The summed E-state index contributed by atoms with van der Waals surface area (Å²) >= 11 is 0. The highest BCUT2D eigenvalue weighted by Crippen LogP contribution is 2.43. The molecular weight excluding hydrogens is 210 g/mol. The molecule has 0 radical (unpaired) electrons. The van der Waals surface area contributed by atoms with Crippen LogP contribution in [0.4, 0.5) is 0 Å². The molecular formula is C11H15NO4. The summed E-state index contributed by atoms with van der Waals surface area (Å²) in [6, 6.07) is -0.124. The Labute approximate surface area is 93.7 Å². The molecule has 0 unspecified atom stereocenters. The van der Waals surface area contributed by atoms with E-state index in [9.17, 15) is 9.59 Å². The molecule has 88 valence electrons. The molecule has 0 aliphatic carbocycles.